The van der Waals surface area contributed by atoms with Crippen molar-refractivity contribution in [1.29, 1.82) is 0 Å². The molecule has 0 aliphatic rings. The fraction of sp³-hybridized carbons (Fsp3) is 0.385. The lowest BCUT2D eigenvalue weighted by Crippen LogP contribution is -2.49. The van der Waals surface area contributed by atoms with E-state index in [9.17, 15) is 14.7 Å². The summed E-state index contributed by atoms with van der Waals surface area (Å²) in [6, 6.07) is 4.26. The molecule has 0 atom stereocenters. The molecule has 20 heavy (non-hydrogen) atoms. The van der Waals surface area contributed by atoms with Gasteiger partial charge in [-0.25, -0.2) is 9.59 Å². The number of carbonyl (C=O) groups excluding carboxylic acids is 1. The SMILES string of the molecule is CN(C(=O)Nc1ccc(I)cc1C(=O)O)C(C)(C)CO. The predicted octanol–water partition coefficient (Wildman–Crippen LogP) is 2.22. The summed E-state index contributed by atoms with van der Waals surface area (Å²) in [6.45, 7) is 3.21. The van der Waals surface area contributed by atoms with Gasteiger partial charge in [-0.3, -0.25) is 0 Å². The van der Waals surface area contributed by atoms with E-state index in [0.717, 1.165) is 3.57 Å². The number of rotatable bonds is 4. The number of benzene rings is 1. The lowest BCUT2D eigenvalue weighted by Gasteiger charge is -2.33. The number of nitrogens with zero attached hydrogens (tertiary/aromatic N) is 1. The number of halogens is 1. The number of hydrogen-bond acceptors (Lipinski definition) is 3. The van der Waals surface area contributed by atoms with E-state index in [1.54, 1.807) is 33.0 Å². The van der Waals surface area contributed by atoms with Crippen LogP contribution in [-0.2, 0) is 0 Å². The van der Waals surface area contributed by atoms with Crippen LogP contribution in [0.25, 0.3) is 0 Å². The highest BCUT2D eigenvalue weighted by Crippen LogP contribution is 2.20. The van der Waals surface area contributed by atoms with Crippen LogP contribution in [0.4, 0.5) is 10.5 Å². The third kappa shape index (κ3) is 3.83. The summed E-state index contributed by atoms with van der Waals surface area (Å²) < 4.78 is 0.766. The highest BCUT2D eigenvalue weighted by molar-refractivity contribution is 14.1. The van der Waals surface area contributed by atoms with E-state index in [1.165, 1.54) is 11.0 Å². The van der Waals surface area contributed by atoms with Gasteiger partial charge in [0.15, 0.2) is 0 Å². The average molecular weight is 392 g/mol. The number of carbonyl (C=O) groups is 2. The highest BCUT2D eigenvalue weighted by atomic mass is 127. The molecule has 0 spiro atoms. The van der Waals surface area contributed by atoms with Gasteiger partial charge in [-0.2, -0.15) is 0 Å². The quantitative estimate of drug-likeness (QED) is 0.686. The highest BCUT2D eigenvalue weighted by Gasteiger charge is 2.27. The molecule has 0 saturated heterocycles. The average Bonchev–Trinajstić information content (AvgIpc) is 2.39. The Morgan fingerprint density at radius 1 is 1.40 bits per heavy atom. The van der Waals surface area contributed by atoms with Crippen LogP contribution in [-0.4, -0.2) is 46.3 Å². The van der Waals surface area contributed by atoms with E-state index in [-0.39, 0.29) is 17.9 Å². The van der Waals surface area contributed by atoms with Crippen molar-refractivity contribution in [2.75, 3.05) is 19.0 Å². The number of hydrogen-bond donors (Lipinski definition) is 3. The summed E-state index contributed by atoms with van der Waals surface area (Å²) in [5, 5.41) is 20.9. The molecule has 1 rings (SSSR count). The molecule has 0 fully saturated rings. The predicted molar refractivity (Wildman–Crippen MR) is 84.1 cm³/mol. The molecule has 1 aromatic rings. The summed E-state index contributed by atoms with van der Waals surface area (Å²) in [4.78, 5) is 24.6. The first-order chi connectivity index (χ1) is 9.19. The number of aliphatic hydroxyl groups is 1. The van der Waals surface area contributed by atoms with Crippen LogP contribution in [0.3, 0.4) is 0 Å². The Labute approximate surface area is 130 Å². The lowest BCUT2D eigenvalue weighted by molar-refractivity contribution is 0.0698. The maximum Gasteiger partial charge on any atom is 0.337 e. The second-order valence-corrected chi connectivity index (χ2v) is 6.20. The number of carboxylic acids is 1. The molecule has 0 bridgehead atoms. The van der Waals surface area contributed by atoms with Gasteiger partial charge in [0, 0.05) is 10.6 Å². The molecule has 1 aromatic carbocycles. The molecule has 0 heterocycles. The van der Waals surface area contributed by atoms with Crippen molar-refractivity contribution in [1.82, 2.24) is 4.90 Å². The molecule has 7 heteroatoms. The molecule has 6 nitrogen and oxygen atoms in total. The molecule has 0 aliphatic carbocycles. The molecule has 110 valence electrons. The van der Waals surface area contributed by atoms with Gasteiger partial charge in [0.25, 0.3) is 0 Å². The fourth-order valence-electron chi connectivity index (χ4n) is 1.38. The first-order valence-electron chi connectivity index (χ1n) is 5.87. The number of likely N-dealkylation sites (N-methyl/N-ethyl adjacent to an activating group) is 1. The van der Waals surface area contributed by atoms with Gasteiger partial charge in [-0.1, -0.05) is 0 Å². The van der Waals surface area contributed by atoms with E-state index < -0.39 is 17.5 Å². The van der Waals surface area contributed by atoms with Crippen molar-refractivity contribution < 1.29 is 19.8 Å². The number of aromatic carboxylic acids is 1. The maximum atomic E-state index is 12.1. The Hall–Kier alpha value is -1.35. The molecule has 0 radical (unpaired) electrons. The number of amides is 2. The molecule has 2 amide bonds. The molecule has 3 N–H and O–H groups in total. The van der Waals surface area contributed by atoms with Gasteiger partial charge in [0.2, 0.25) is 0 Å². The van der Waals surface area contributed by atoms with Gasteiger partial charge < -0.3 is 20.4 Å². The summed E-state index contributed by atoms with van der Waals surface area (Å²) in [5.41, 5.74) is -0.486. The number of carboxylic acid groups (broad SMARTS) is 1. The van der Waals surface area contributed by atoms with Crippen molar-refractivity contribution >= 4 is 40.3 Å². The van der Waals surface area contributed by atoms with Crippen molar-refractivity contribution in [3.63, 3.8) is 0 Å². The van der Waals surface area contributed by atoms with Gasteiger partial charge in [0.1, 0.15) is 0 Å². The summed E-state index contributed by atoms with van der Waals surface area (Å²) in [7, 11) is 1.54. The minimum absolute atomic E-state index is 0.0282. The van der Waals surface area contributed by atoms with E-state index >= 15 is 0 Å². The summed E-state index contributed by atoms with van der Waals surface area (Å²) in [6.07, 6.45) is 0. The van der Waals surface area contributed by atoms with Crippen molar-refractivity contribution in [3.8, 4) is 0 Å². The second kappa shape index (κ2) is 6.40. The largest absolute Gasteiger partial charge is 0.478 e. The third-order valence-electron chi connectivity index (χ3n) is 3.05. The van der Waals surface area contributed by atoms with Crippen molar-refractivity contribution in [3.05, 3.63) is 27.3 Å². The van der Waals surface area contributed by atoms with E-state index in [1.807, 2.05) is 22.6 Å². The van der Waals surface area contributed by atoms with Crippen LogP contribution in [0, 0.1) is 3.57 Å². The fourth-order valence-corrected chi connectivity index (χ4v) is 1.87. The number of aliphatic hydroxyl groups excluding tert-OH is 1. The minimum atomic E-state index is -1.11. The molecule has 0 saturated carbocycles. The Balaban J connectivity index is 3.00. The van der Waals surface area contributed by atoms with Crippen LogP contribution in [0.1, 0.15) is 24.2 Å². The van der Waals surface area contributed by atoms with Gasteiger partial charge >= 0.3 is 12.0 Å². The Morgan fingerprint density at radius 3 is 2.50 bits per heavy atom. The van der Waals surface area contributed by atoms with Crippen LogP contribution in [0.2, 0.25) is 0 Å². The zero-order chi connectivity index (χ0) is 15.5. The molecular formula is C13H17IN2O4. The summed E-state index contributed by atoms with van der Waals surface area (Å²) in [5.74, 6) is -1.11. The first-order valence-corrected chi connectivity index (χ1v) is 6.95. The molecule has 0 aliphatic heterocycles. The second-order valence-electron chi connectivity index (χ2n) is 4.95. The molecule has 0 aromatic heterocycles. The Morgan fingerprint density at radius 2 is 2.00 bits per heavy atom. The number of nitrogens with one attached hydrogen (secondary N) is 1. The normalized spacial score (nSPS) is 11.1. The van der Waals surface area contributed by atoms with Crippen LogP contribution in [0.5, 0.6) is 0 Å². The summed E-state index contributed by atoms with van der Waals surface area (Å²) >= 11 is 2.00. The maximum absolute atomic E-state index is 12.1. The van der Waals surface area contributed by atoms with E-state index in [4.69, 9.17) is 5.11 Å². The van der Waals surface area contributed by atoms with Crippen molar-refractivity contribution in [2.24, 2.45) is 0 Å². The molecule has 0 unspecified atom stereocenters. The molecular weight excluding hydrogens is 375 g/mol. The van der Waals surface area contributed by atoms with E-state index in [2.05, 4.69) is 5.32 Å². The Bertz CT molecular complexity index is 531. The van der Waals surface area contributed by atoms with Gasteiger partial charge in [-0.15, -0.1) is 0 Å². The van der Waals surface area contributed by atoms with E-state index in [0.29, 0.717) is 0 Å². The van der Waals surface area contributed by atoms with Gasteiger partial charge in [0.05, 0.1) is 23.4 Å². The number of anilines is 1. The lowest BCUT2D eigenvalue weighted by atomic mass is 10.1. The first kappa shape index (κ1) is 16.7. The Kier molecular flexibility index (Phi) is 5.35. The zero-order valence-electron chi connectivity index (χ0n) is 11.5. The third-order valence-corrected chi connectivity index (χ3v) is 3.72. The van der Waals surface area contributed by atoms with Crippen LogP contribution >= 0.6 is 22.6 Å². The standard InChI is InChI=1S/C13H17IN2O4/c1-13(2,7-17)16(3)12(20)15-10-5-4-8(14)6-9(10)11(18)19/h4-6,17H,7H2,1-3H3,(H,15,20)(H,18,19). The van der Waals surface area contributed by atoms with Crippen LogP contribution < -0.4 is 5.32 Å². The zero-order valence-corrected chi connectivity index (χ0v) is 13.6. The van der Waals surface area contributed by atoms with Gasteiger partial charge in [-0.05, 0) is 54.6 Å². The monoisotopic (exact) mass is 392 g/mol. The van der Waals surface area contributed by atoms with Crippen LogP contribution in [0.15, 0.2) is 18.2 Å². The minimum Gasteiger partial charge on any atom is -0.478 e. The van der Waals surface area contributed by atoms with Crippen molar-refractivity contribution in [2.45, 2.75) is 19.4 Å². The smallest absolute Gasteiger partial charge is 0.337 e. The number of urea groups is 1. The topological polar surface area (TPSA) is 89.9 Å².